The van der Waals surface area contributed by atoms with E-state index in [4.69, 9.17) is 22.1 Å². The van der Waals surface area contributed by atoms with E-state index in [1.165, 1.54) is 24.3 Å². The molecule has 0 saturated carbocycles. The zero-order chi connectivity index (χ0) is 21.2. The Morgan fingerprint density at radius 2 is 2.10 bits per heavy atom. The number of benzene rings is 1. The van der Waals surface area contributed by atoms with Gasteiger partial charge in [0.1, 0.15) is 29.4 Å². The van der Waals surface area contributed by atoms with Crippen LogP contribution in [0.2, 0.25) is 5.02 Å². The molecule has 29 heavy (non-hydrogen) atoms. The zero-order valence-corrected chi connectivity index (χ0v) is 15.8. The molecule has 11 heteroatoms. The van der Waals surface area contributed by atoms with Crippen molar-refractivity contribution in [3.8, 4) is 0 Å². The lowest BCUT2D eigenvalue weighted by molar-refractivity contribution is 0.102. The Balaban J connectivity index is 1.88. The first-order valence-electron chi connectivity index (χ1n) is 8.24. The van der Waals surface area contributed by atoms with Crippen LogP contribution in [0, 0.1) is 0 Å². The molecule has 152 valence electrons. The summed E-state index contributed by atoms with van der Waals surface area (Å²) in [5.74, 6) is -0.674. The molecule has 1 aromatic heterocycles. The largest absolute Gasteiger partial charge is 0.428 e. The van der Waals surface area contributed by atoms with Crippen molar-refractivity contribution in [1.29, 1.82) is 0 Å². The number of aromatic nitrogens is 2. The molecule has 1 aliphatic heterocycles. The Bertz CT molecular complexity index is 997. The van der Waals surface area contributed by atoms with Crippen LogP contribution >= 0.6 is 11.6 Å². The van der Waals surface area contributed by atoms with Crippen LogP contribution in [0.4, 0.5) is 18.9 Å². The summed E-state index contributed by atoms with van der Waals surface area (Å²) in [5.41, 5.74) is 4.59. The van der Waals surface area contributed by atoms with Crippen molar-refractivity contribution in [2.45, 2.75) is 18.9 Å². The van der Waals surface area contributed by atoms with Crippen LogP contribution in [0.3, 0.4) is 0 Å². The number of nitrogens with two attached hydrogens (primary N) is 1. The molecule has 7 nitrogen and oxygen atoms in total. The predicted octanol–water partition coefficient (Wildman–Crippen LogP) is 3.73. The number of hydrogen-bond acceptors (Lipinski definition) is 6. The first-order valence-corrected chi connectivity index (χ1v) is 8.62. The van der Waals surface area contributed by atoms with Crippen molar-refractivity contribution < 1.29 is 22.7 Å². The zero-order valence-electron chi connectivity index (χ0n) is 15.0. The maximum Gasteiger partial charge on any atom is 0.288 e. The van der Waals surface area contributed by atoms with Crippen molar-refractivity contribution >= 4 is 29.2 Å². The average Bonchev–Trinajstić information content (AvgIpc) is 2.68. The van der Waals surface area contributed by atoms with Crippen LogP contribution in [0.25, 0.3) is 0 Å². The summed E-state index contributed by atoms with van der Waals surface area (Å²) in [4.78, 5) is 23.7. The first-order chi connectivity index (χ1) is 13.7. The number of nitrogens with one attached hydrogen (secondary N) is 1. The number of alkyl halides is 3. The molecule has 0 unspecified atom stereocenters. The smallest absolute Gasteiger partial charge is 0.288 e. The number of halogens is 4. The van der Waals surface area contributed by atoms with Gasteiger partial charge in [0.25, 0.3) is 18.4 Å². The fraction of sp³-hybridized carbons (Fsp3) is 0.222. The summed E-state index contributed by atoms with van der Waals surface area (Å²) < 4.78 is 43.2. The molecular weight excluding hydrogens is 411 g/mol. The van der Waals surface area contributed by atoms with Crippen molar-refractivity contribution in [1.82, 2.24) is 9.97 Å². The molecule has 2 aromatic rings. The number of carbonyl (C=O) groups excluding carboxylic acids is 1. The Kier molecular flexibility index (Phi) is 5.73. The summed E-state index contributed by atoms with van der Waals surface area (Å²) in [7, 11) is 0. The molecule has 3 N–H and O–H groups in total. The van der Waals surface area contributed by atoms with Crippen molar-refractivity contribution in [2.24, 2.45) is 10.7 Å². The second-order valence-electron chi connectivity index (χ2n) is 6.22. The highest BCUT2D eigenvalue weighted by atomic mass is 35.5. The summed E-state index contributed by atoms with van der Waals surface area (Å²) in [6.45, 7) is 0.770. The predicted molar refractivity (Wildman–Crippen MR) is 101 cm³/mol. The van der Waals surface area contributed by atoms with Gasteiger partial charge in [0.15, 0.2) is 0 Å². The second-order valence-corrected chi connectivity index (χ2v) is 6.63. The maximum atomic E-state index is 13.1. The maximum absolute atomic E-state index is 13.1. The Morgan fingerprint density at radius 3 is 2.72 bits per heavy atom. The van der Waals surface area contributed by atoms with Gasteiger partial charge < -0.3 is 15.8 Å². The minimum atomic E-state index is -2.78. The monoisotopic (exact) mass is 425 g/mol. The van der Waals surface area contributed by atoms with Gasteiger partial charge in [-0.3, -0.25) is 9.78 Å². The molecule has 0 aliphatic carbocycles. The van der Waals surface area contributed by atoms with Crippen molar-refractivity contribution in [3.05, 3.63) is 64.4 Å². The van der Waals surface area contributed by atoms with Gasteiger partial charge in [-0.15, -0.1) is 0 Å². The number of amides is 1. The highest BCUT2D eigenvalue weighted by Gasteiger charge is 2.32. The number of ether oxygens (including phenoxy) is 1. The van der Waals surface area contributed by atoms with Crippen molar-refractivity contribution in [2.75, 3.05) is 12.0 Å². The summed E-state index contributed by atoms with van der Waals surface area (Å²) >= 11 is 6.28. The molecule has 1 aliphatic rings. The topological polar surface area (TPSA) is 102 Å². The van der Waals surface area contributed by atoms with Gasteiger partial charge in [0.2, 0.25) is 0 Å². The molecule has 1 atom stereocenters. The number of rotatable bonds is 5. The van der Waals surface area contributed by atoms with Gasteiger partial charge in [-0.05, 0) is 31.2 Å². The fourth-order valence-corrected chi connectivity index (χ4v) is 3.03. The number of amidine groups is 1. The van der Waals surface area contributed by atoms with E-state index in [0.29, 0.717) is 16.3 Å². The normalized spacial score (nSPS) is 18.7. The van der Waals surface area contributed by atoms with Crippen LogP contribution in [-0.4, -0.2) is 28.6 Å². The molecule has 0 radical (unpaired) electrons. The second kappa shape index (κ2) is 8.08. The molecule has 3 rings (SSSR count). The van der Waals surface area contributed by atoms with Gasteiger partial charge in [0, 0.05) is 16.3 Å². The molecule has 2 heterocycles. The minimum Gasteiger partial charge on any atom is -0.428 e. The van der Waals surface area contributed by atoms with E-state index < -0.39 is 30.2 Å². The Hall–Kier alpha value is -3.14. The van der Waals surface area contributed by atoms with E-state index in [-0.39, 0.29) is 17.5 Å². The molecule has 1 amide bonds. The van der Waals surface area contributed by atoms with E-state index in [2.05, 4.69) is 20.3 Å². The van der Waals surface area contributed by atoms with Crippen LogP contribution in [0.5, 0.6) is 0 Å². The van der Waals surface area contributed by atoms with Gasteiger partial charge in [-0.25, -0.2) is 23.1 Å². The van der Waals surface area contributed by atoms with E-state index >= 15 is 0 Å². The summed E-state index contributed by atoms with van der Waals surface area (Å²) in [6.07, 6.45) is 0.435. The number of aliphatic imine (C=N–C) groups is 1. The minimum absolute atomic E-state index is 0.0140. The lowest BCUT2D eigenvalue weighted by Crippen LogP contribution is -2.30. The quantitative estimate of drug-likeness (QED) is 0.759. The standard InChI is InChI=1S/C18H15ClF3N5O2/c1-18(5-10(6-20)29-17(23)27-18)11-4-9(2-3-12(11)19)26-16(28)14-8-24-13(7-25-14)15(21)22/h2-5,7-8,15H,6H2,1H3,(H2,23,27)(H,26,28)/t18-/m0/s1. The van der Waals surface area contributed by atoms with Gasteiger partial charge >= 0.3 is 0 Å². The average molecular weight is 426 g/mol. The van der Waals surface area contributed by atoms with Crippen LogP contribution in [0.15, 0.2) is 47.4 Å². The molecule has 1 aromatic carbocycles. The van der Waals surface area contributed by atoms with Gasteiger partial charge in [0.05, 0.1) is 12.4 Å². The number of nitrogens with zero attached hydrogens (tertiary/aromatic N) is 3. The third kappa shape index (κ3) is 4.48. The van der Waals surface area contributed by atoms with E-state index in [1.807, 2.05) is 0 Å². The van der Waals surface area contributed by atoms with E-state index in [1.54, 1.807) is 6.92 Å². The number of hydrogen-bond donors (Lipinski definition) is 2. The SMILES string of the molecule is C[C@@]1(c2cc(NC(=O)c3cnc(C(F)F)cn3)ccc2Cl)C=C(CF)OC(N)=N1. The van der Waals surface area contributed by atoms with E-state index in [0.717, 1.165) is 12.4 Å². The lowest BCUT2D eigenvalue weighted by atomic mass is 9.90. The highest BCUT2D eigenvalue weighted by Crippen LogP contribution is 2.37. The molecule has 0 fully saturated rings. The molecular formula is C18H15ClF3N5O2. The van der Waals surface area contributed by atoms with Gasteiger partial charge in [-0.1, -0.05) is 11.6 Å². The summed E-state index contributed by atoms with van der Waals surface area (Å²) in [6, 6.07) is 4.37. The van der Waals surface area contributed by atoms with E-state index in [9.17, 15) is 18.0 Å². The molecule has 0 bridgehead atoms. The fourth-order valence-electron chi connectivity index (χ4n) is 2.72. The lowest BCUT2D eigenvalue weighted by Gasteiger charge is -2.28. The molecule has 0 spiro atoms. The molecule has 0 saturated heterocycles. The van der Waals surface area contributed by atoms with Crippen molar-refractivity contribution in [3.63, 3.8) is 0 Å². The summed E-state index contributed by atoms with van der Waals surface area (Å²) in [5, 5.41) is 2.88. The number of allylic oxidation sites excluding steroid dienone is 1. The van der Waals surface area contributed by atoms with Crippen LogP contribution in [-0.2, 0) is 10.3 Å². The first kappa shape index (κ1) is 20.6. The third-order valence-corrected chi connectivity index (χ3v) is 4.38. The Morgan fingerprint density at radius 1 is 1.34 bits per heavy atom. The highest BCUT2D eigenvalue weighted by molar-refractivity contribution is 6.31. The van der Waals surface area contributed by atoms with Gasteiger partial charge in [-0.2, -0.15) is 0 Å². The van der Waals surface area contributed by atoms with Crippen LogP contribution < -0.4 is 11.1 Å². The number of carbonyl (C=O) groups is 1. The number of anilines is 1. The van der Waals surface area contributed by atoms with Crippen LogP contribution in [0.1, 0.15) is 35.1 Å². The third-order valence-electron chi connectivity index (χ3n) is 4.05. The Labute approximate surface area is 168 Å².